The maximum absolute atomic E-state index is 11.5. The van der Waals surface area contributed by atoms with Crippen LogP contribution in [0, 0.1) is 0 Å². The van der Waals surface area contributed by atoms with Crippen LogP contribution in [-0.4, -0.2) is 36.6 Å². The van der Waals surface area contributed by atoms with Crippen LogP contribution in [-0.2, 0) is 14.0 Å². The lowest BCUT2D eigenvalue weighted by Gasteiger charge is -2.32. The Hall–Kier alpha value is -1.01. The molecule has 0 atom stereocenters. The van der Waals surface area contributed by atoms with Crippen molar-refractivity contribution in [1.29, 1.82) is 0 Å². The monoisotopic (exact) mass is 325 g/mol. The number of ether oxygens (including phenoxy) is 1. The summed E-state index contributed by atoms with van der Waals surface area (Å²) in [6, 6.07) is 0. The van der Waals surface area contributed by atoms with Crippen molar-refractivity contribution in [2.45, 2.75) is 84.5 Å². The highest BCUT2D eigenvalue weighted by Gasteiger charge is 2.49. The van der Waals surface area contributed by atoms with Gasteiger partial charge in [-0.05, 0) is 67.7 Å². The molecule has 0 aromatic rings. The first kappa shape index (κ1) is 20.0. The Morgan fingerprint density at radius 3 is 2.22 bits per heavy atom. The first-order valence-corrected chi connectivity index (χ1v) is 8.42. The smallest absolute Gasteiger partial charge is 0.444 e. The van der Waals surface area contributed by atoms with Gasteiger partial charge in [0.15, 0.2) is 0 Å². The summed E-state index contributed by atoms with van der Waals surface area (Å²) in [6.07, 6.45) is 4.55. The van der Waals surface area contributed by atoms with Gasteiger partial charge in [0.05, 0.1) is 11.2 Å². The van der Waals surface area contributed by atoms with Crippen LogP contribution in [0.3, 0.4) is 0 Å². The van der Waals surface area contributed by atoms with Gasteiger partial charge in [0.1, 0.15) is 5.60 Å². The molecule has 0 saturated carbocycles. The normalized spacial score (nSPS) is 20.0. The standard InChI is InChI=1S/C17H32BNO4/c1-15(2,3)21-14(20)19-13-11-9-8-10-12-18-22-16(4,5)17(6,7)23-18/h10,12H,8-9,11,13H2,1-7H3,(H,19,20). The van der Waals surface area contributed by atoms with Gasteiger partial charge >= 0.3 is 13.2 Å². The van der Waals surface area contributed by atoms with Crippen molar-refractivity contribution < 1.29 is 18.8 Å². The molecule has 1 fully saturated rings. The third-order valence-electron chi connectivity index (χ3n) is 4.03. The molecule has 0 unspecified atom stereocenters. The topological polar surface area (TPSA) is 56.8 Å². The molecule has 1 heterocycles. The Morgan fingerprint density at radius 2 is 1.70 bits per heavy atom. The Kier molecular flexibility index (Phi) is 6.72. The lowest BCUT2D eigenvalue weighted by atomic mass is 9.89. The largest absolute Gasteiger partial charge is 0.486 e. The molecule has 1 N–H and O–H groups in total. The number of nitrogens with one attached hydrogen (secondary N) is 1. The summed E-state index contributed by atoms with van der Waals surface area (Å²) in [5.41, 5.74) is -1.03. The van der Waals surface area contributed by atoms with Crippen LogP contribution in [0.5, 0.6) is 0 Å². The predicted molar refractivity (Wildman–Crippen MR) is 93.3 cm³/mol. The van der Waals surface area contributed by atoms with E-state index < -0.39 is 5.60 Å². The Labute approximate surface area is 141 Å². The van der Waals surface area contributed by atoms with Crippen molar-refractivity contribution in [3.8, 4) is 0 Å². The van der Waals surface area contributed by atoms with E-state index in [4.69, 9.17) is 14.0 Å². The van der Waals surface area contributed by atoms with Crippen LogP contribution in [0.15, 0.2) is 12.1 Å². The minimum absolute atomic E-state index is 0.278. The maximum atomic E-state index is 11.5. The third kappa shape index (κ3) is 6.96. The molecule has 1 amide bonds. The molecular formula is C17H32BNO4. The van der Waals surface area contributed by atoms with E-state index in [0.717, 1.165) is 19.3 Å². The molecule has 0 spiro atoms. The first-order chi connectivity index (χ1) is 10.4. The van der Waals surface area contributed by atoms with Gasteiger partial charge in [-0.15, -0.1) is 0 Å². The molecule has 5 nitrogen and oxygen atoms in total. The highest BCUT2D eigenvalue weighted by Crippen LogP contribution is 2.36. The molecule has 0 aromatic carbocycles. The Balaban J connectivity index is 2.13. The van der Waals surface area contributed by atoms with Crippen molar-refractivity contribution >= 4 is 13.2 Å². The fourth-order valence-corrected chi connectivity index (χ4v) is 2.07. The number of carbonyl (C=O) groups is 1. The average molecular weight is 325 g/mol. The summed E-state index contributed by atoms with van der Waals surface area (Å²) < 4.78 is 16.9. The molecule has 0 aliphatic carbocycles. The van der Waals surface area contributed by atoms with E-state index in [2.05, 4.69) is 11.4 Å². The zero-order chi connectivity index (χ0) is 17.7. The molecule has 1 saturated heterocycles. The molecule has 6 heteroatoms. The fourth-order valence-electron chi connectivity index (χ4n) is 2.07. The van der Waals surface area contributed by atoms with E-state index in [-0.39, 0.29) is 24.4 Å². The van der Waals surface area contributed by atoms with Crippen molar-refractivity contribution in [3.05, 3.63) is 12.1 Å². The minimum Gasteiger partial charge on any atom is -0.444 e. The van der Waals surface area contributed by atoms with Crippen LogP contribution in [0.1, 0.15) is 67.7 Å². The quantitative estimate of drug-likeness (QED) is 0.595. The summed E-state index contributed by atoms with van der Waals surface area (Å²) in [5.74, 6) is 1.97. The fraction of sp³-hybridized carbons (Fsp3) is 0.824. The van der Waals surface area contributed by atoms with Crippen molar-refractivity contribution in [1.82, 2.24) is 5.32 Å². The van der Waals surface area contributed by atoms with Crippen LogP contribution in [0.25, 0.3) is 0 Å². The van der Waals surface area contributed by atoms with Gasteiger partial charge in [0.2, 0.25) is 0 Å². The second-order valence-electron chi connectivity index (χ2n) is 7.98. The summed E-state index contributed by atoms with van der Waals surface area (Å²) in [5, 5.41) is 2.76. The Morgan fingerprint density at radius 1 is 1.13 bits per heavy atom. The van der Waals surface area contributed by atoms with Crippen molar-refractivity contribution in [2.24, 2.45) is 0 Å². The number of carbonyl (C=O) groups excluding carboxylic acids is 1. The third-order valence-corrected chi connectivity index (χ3v) is 4.03. The summed E-state index contributed by atoms with van der Waals surface area (Å²) >= 11 is 0. The molecule has 1 aliphatic rings. The summed E-state index contributed by atoms with van der Waals surface area (Å²) in [4.78, 5) is 11.5. The molecule has 0 radical (unpaired) electrons. The Bertz CT molecular complexity index is 411. The van der Waals surface area contributed by atoms with E-state index in [1.165, 1.54) is 0 Å². The SMILES string of the molecule is CC(C)(C)OC(=O)NCCCCC=CB1OC(C)(C)C(C)(C)O1. The number of hydrogen-bond donors (Lipinski definition) is 1. The van der Waals surface area contributed by atoms with Gasteiger partial charge in [-0.3, -0.25) is 0 Å². The zero-order valence-corrected chi connectivity index (χ0v) is 15.7. The van der Waals surface area contributed by atoms with Crippen LogP contribution >= 0.6 is 0 Å². The molecule has 1 rings (SSSR count). The van der Waals surface area contributed by atoms with Gasteiger partial charge in [0.25, 0.3) is 0 Å². The molecule has 0 bridgehead atoms. The highest BCUT2D eigenvalue weighted by molar-refractivity contribution is 6.51. The number of alkyl carbamates (subject to hydrolysis) is 1. The number of hydrogen-bond acceptors (Lipinski definition) is 4. The van der Waals surface area contributed by atoms with E-state index in [1.807, 2.05) is 54.4 Å². The number of amides is 1. The van der Waals surface area contributed by atoms with Crippen LogP contribution in [0.4, 0.5) is 4.79 Å². The van der Waals surface area contributed by atoms with E-state index in [0.29, 0.717) is 6.54 Å². The second-order valence-corrected chi connectivity index (χ2v) is 7.98. The summed E-state index contributed by atoms with van der Waals surface area (Å²) in [7, 11) is -0.278. The minimum atomic E-state index is -0.449. The summed E-state index contributed by atoms with van der Waals surface area (Å²) in [6.45, 7) is 14.4. The lowest BCUT2D eigenvalue weighted by molar-refractivity contribution is 0.00578. The van der Waals surface area contributed by atoms with Crippen molar-refractivity contribution in [2.75, 3.05) is 6.54 Å². The molecule has 23 heavy (non-hydrogen) atoms. The van der Waals surface area contributed by atoms with Gasteiger partial charge in [-0.2, -0.15) is 0 Å². The van der Waals surface area contributed by atoms with Gasteiger partial charge in [-0.25, -0.2) is 4.79 Å². The second kappa shape index (κ2) is 7.71. The maximum Gasteiger partial charge on any atom is 0.486 e. The van der Waals surface area contributed by atoms with Crippen LogP contribution < -0.4 is 5.32 Å². The van der Waals surface area contributed by atoms with Gasteiger partial charge < -0.3 is 19.4 Å². The molecular weight excluding hydrogens is 293 g/mol. The van der Waals surface area contributed by atoms with Gasteiger partial charge in [0, 0.05) is 6.54 Å². The highest BCUT2D eigenvalue weighted by atomic mass is 16.7. The molecule has 1 aliphatic heterocycles. The molecule has 0 aromatic heterocycles. The van der Waals surface area contributed by atoms with Crippen LogP contribution in [0.2, 0.25) is 0 Å². The predicted octanol–water partition coefficient (Wildman–Crippen LogP) is 3.87. The first-order valence-electron chi connectivity index (χ1n) is 8.42. The average Bonchev–Trinajstić information content (AvgIpc) is 2.54. The number of allylic oxidation sites excluding steroid dienone is 1. The lowest BCUT2D eigenvalue weighted by Crippen LogP contribution is -2.41. The number of rotatable bonds is 6. The molecule has 132 valence electrons. The zero-order valence-electron chi connectivity index (χ0n) is 15.7. The van der Waals surface area contributed by atoms with E-state index in [9.17, 15) is 4.79 Å². The number of unbranched alkanes of at least 4 members (excludes halogenated alkanes) is 2. The van der Waals surface area contributed by atoms with Crippen molar-refractivity contribution in [3.63, 3.8) is 0 Å². The van der Waals surface area contributed by atoms with E-state index in [1.54, 1.807) is 0 Å². The van der Waals surface area contributed by atoms with Gasteiger partial charge in [-0.1, -0.05) is 12.1 Å². The van der Waals surface area contributed by atoms with E-state index >= 15 is 0 Å².